The summed E-state index contributed by atoms with van der Waals surface area (Å²) in [6.07, 6.45) is 0.891. The monoisotopic (exact) mass is 321 g/mol. The highest BCUT2D eigenvalue weighted by Gasteiger charge is 2.30. The van der Waals surface area contributed by atoms with Gasteiger partial charge in [-0.25, -0.2) is 5.84 Å². The van der Waals surface area contributed by atoms with Crippen LogP contribution in [0.3, 0.4) is 0 Å². The van der Waals surface area contributed by atoms with E-state index in [4.69, 9.17) is 15.3 Å². The molecule has 2 unspecified atom stereocenters. The number of likely N-dealkylation sites (tertiary alicyclic amines) is 1. The number of rotatable bonds is 5. The summed E-state index contributed by atoms with van der Waals surface area (Å²) in [5, 5.41) is 0. The topological polar surface area (TPSA) is 93.9 Å². The lowest BCUT2D eigenvalue weighted by Crippen LogP contribution is -2.50. The van der Waals surface area contributed by atoms with E-state index in [0.717, 1.165) is 18.6 Å². The van der Waals surface area contributed by atoms with Crippen LogP contribution in [-0.2, 0) is 9.59 Å². The molecule has 1 aliphatic rings. The highest BCUT2D eigenvalue weighted by molar-refractivity contribution is 5.83. The van der Waals surface area contributed by atoms with Gasteiger partial charge in [0.25, 0.3) is 5.91 Å². The largest absolute Gasteiger partial charge is 0.497 e. The Morgan fingerprint density at radius 2 is 1.96 bits per heavy atom. The van der Waals surface area contributed by atoms with Crippen LogP contribution in [0.15, 0.2) is 24.3 Å². The molecule has 23 heavy (non-hydrogen) atoms. The normalized spacial score (nSPS) is 18.9. The third-order valence-electron chi connectivity index (χ3n) is 3.97. The highest BCUT2D eigenvalue weighted by atomic mass is 16.5. The summed E-state index contributed by atoms with van der Waals surface area (Å²) in [4.78, 5) is 25.8. The molecule has 0 aliphatic carbocycles. The number of amides is 2. The Labute approximate surface area is 135 Å². The number of ether oxygens (including phenoxy) is 2. The van der Waals surface area contributed by atoms with Crippen LogP contribution in [-0.4, -0.2) is 43.0 Å². The van der Waals surface area contributed by atoms with E-state index in [0.29, 0.717) is 18.8 Å². The molecule has 1 aromatic carbocycles. The predicted octanol–water partition coefficient (Wildman–Crippen LogP) is 0.691. The SMILES string of the molecule is COc1ccc(OC(C)C(=O)N2CCCC(C(=O)NN)C2)cc1. The predicted molar refractivity (Wildman–Crippen MR) is 84.7 cm³/mol. The van der Waals surface area contributed by atoms with E-state index >= 15 is 0 Å². The molecule has 7 nitrogen and oxygen atoms in total. The van der Waals surface area contributed by atoms with Gasteiger partial charge in [-0.1, -0.05) is 0 Å². The lowest BCUT2D eigenvalue weighted by Gasteiger charge is -2.33. The Morgan fingerprint density at radius 1 is 1.30 bits per heavy atom. The third-order valence-corrected chi connectivity index (χ3v) is 3.97. The van der Waals surface area contributed by atoms with Gasteiger partial charge in [-0.05, 0) is 44.0 Å². The molecule has 1 heterocycles. The van der Waals surface area contributed by atoms with Crippen molar-refractivity contribution >= 4 is 11.8 Å². The summed E-state index contributed by atoms with van der Waals surface area (Å²) >= 11 is 0. The molecule has 0 aromatic heterocycles. The van der Waals surface area contributed by atoms with Gasteiger partial charge >= 0.3 is 0 Å². The van der Waals surface area contributed by atoms with Crippen LogP contribution in [0.2, 0.25) is 0 Å². The zero-order valence-electron chi connectivity index (χ0n) is 13.5. The van der Waals surface area contributed by atoms with Gasteiger partial charge in [-0.3, -0.25) is 15.0 Å². The lowest BCUT2D eigenvalue weighted by molar-refractivity contribution is -0.141. The number of methoxy groups -OCH3 is 1. The number of nitrogens with two attached hydrogens (primary N) is 1. The maximum atomic E-state index is 12.5. The maximum Gasteiger partial charge on any atom is 0.263 e. The number of hydrogen-bond acceptors (Lipinski definition) is 5. The van der Waals surface area contributed by atoms with Crippen molar-refractivity contribution < 1.29 is 19.1 Å². The molecule has 1 aliphatic heterocycles. The molecule has 1 saturated heterocycles. The van der Waals surface area contributed by atoms with Crippen molar-refractivity contribution in [3.8, 4) is 11.5 Å². The zero-order chi connectivity index (χ0) is 16.8. The van der Waals surface area contributed by atoms with Crippen molar-refractivity contribution in [3.63, 3.8) is 0 Å². The van der Waals surface area contributed by atoms with Crippen LogP contribution < -0.4 is 20.7 Å². The molecular formula is C16H23N3O4. The fraction of sp³-hybridized carbons (Fsp3) is 0.500. The number of nitrogens with one attached hydrogen (secondary N) is 1. The number of carbonyl (C=O) groups excluding carboxylic acids is 2. The molecule has 3 N–H and O–H groups in total. The minimum atomic E-state index is -0.622. The van der Waals surface area contributed by atoms with Crippen molar-refractivity contribution in [2.45, 2.75) is 25.9 Å². The Balaban J connectivity index is 1.94. The minimum absolute atomic E-state index is 0.129. The van der Waals surface area contributed by atoms with Gasteiger partial charge in [0.2, 0.25) is 5.91 Å². The summed E-state index contributed by atoms with van der Waals surface area (Å²) in [5.41, 5.74) is 2.15. The van der Waals surface area contributed by atoms with Crippen molar-refractivity contribution in [2.24, 2.45) is 11.8 Å². The number of hydrogen-bond donors (Lipinski definition) is 2. The smallest absolute Gasteiger partial charge is 0.263 e. The summed E-state index contributed by atoms with van der Waals surface area (Å²) in [5.74, 6) is 5.88. The zero-order valence-corrected chi connectivity index (χ0v) is 13.5. The molecule has 0 saturated carbocycles. The minimum Gasteiger partial charge on any atom is -0.497 e. The molecule has 7 heteroatoms. The van der Waals surface area contributed by atoms with E-state index in [1.54, 1.807) is 43.2 Å². The second-order valence-electron chi connectivity index (χ2n) is 5.57. The van der Waals surface area contributed by atoms with Crippen LogP contribution in [0.5, 0.6) is 11.5 Å². The summed E-state index contributed by atoms with van der Waals surface area (Å²) < 4.78 is 10.8. The Morgan fingerprint density at radius 3 is 2.57 bits per heavy atom. The van der Waals surface area contributed by atoms with Gasteiger partial charge in [-0.2, -0.15) is 0 Å². The van der Waals surface area contributed by atoms with Gasteiger partial charge < -0.3 is 14.4 Å². The van der Waals surface area contributed by atoms with Crippen LogP contribution in [0, 0.1) is 5.92 Å². The molecule has 1 aromatic rings. The van der Waals surface area contributed by atoms with Crippen LogP contribution in [0.4, 0.5) is 0 Å². The first-order chi connectivity index (χ1) is 11.0. The number of carbonyl (C=O) groups is 2. The summed E-state index contributed by atoms with van der Waals surface area (Å²) in [7, 11) is 1.59. The summed E-state index contributed by atoms with van der Waals surface area (Å²) in [6, 6.07) is 7.05. The number of nitrogens with zero attached hydrogens (tertiary/aromatic N) is 1. The van der Waals surface area contributed by atoms with E-state index in [1.807, 2.05) is 0 Å². The average Bonchev–Trinajstić information content (AvgIpc) is 2.61. The Kier molecular flexibility index (Phi) is 5.81. The number of piperidine rings is 1. The lowest BCUT2D eigenvalue weighted by atomic mass is 9.97. The quantitative estimate of drug-likeness (QED) is 0.473. The van der Waals surface area contributed by atoms with Crippen molar-refractivity contribution in [1.29, 1.82) is 0 Å². The van der Waals surface area contributed by atoms with E-state index in [-0.39, 0.29) is 17.7 Å². The summed E-state index contributed by atoms with van der Waals surface area (Å²) in [6.45, 7) is 2.71. The van der Waals surface area contributed by atoms with E-state index in [2.05, 4.69) is 5.43 Å². The number of benzene rings is 1. The Bertz CT molecular complexity index is 547. The van der Waals surface area contributed by atoms with Gasteiger partial charge in [0.1, 0.15) is 11.5 Å². The first-order valence-corrected chi connectivity index (χ1v) is 7.65. The molecule has 1 fully saturated rings. The van der Waals surface area contributed by atoms with Gasteiger partial charge in [0.05, 0.1) is 13.0 Å². The molecule has 0 spiro atoms. The maximum absolute atomic E-state index is 12.5. The van der Waals surface area contributed by atoms with Crippen molar-refractivity contribution in [2.75, 3.05) is 20.2 Å². The fourth-order valence-electron chi connectivity index (χ4n) is 2.68. The third kappa shape index (κ3) is 4.35. The fourth-order valence-corrected chi connectivity index (χ4v) is 2.68. The van der Waals surface area contributed by atoms with Crippen LogP contribution >= 0.6 is 0 Å². The Hall–Kier alpha value is -2.28. The second kappa shape index (κ2) is 7.82. The average molecular weight is 321 g/mol. The number of hydrazine groups is 1. The first kappa shape index (κ1) is 17.1. The van der Waals surface area contributed by atoms with E-state index < -0.39 is 6.10 Å². The molecule has 2 amide bonds. The molecule has 2 atom stereocenters. The highest BCUT2D eigenvalue weighted by Crippen LogP contribution is 2.21. The molecule has 0 bridgehead atoms. The van der Waals surface area contributed by atoms with Crippen molar-refractivity contribution in [1.82, 2.24) is 10.3 Å². The molecule has 0 radical (unpaired) electrons. The molecular weight excluding hydrogens is 298 g/mol. The first-order valence-electron chi connectivity index (χ1n) is 7.65. The van der Waals surface area contributed by atoms with Crippen molar-refractivity contribution in [3.05, 3.63) is 24.3 Å². The van der Waals surface area contributed by atoms with Crippen LogP contribution in [0.25, 0.3) is 0 Å². The van der Waals surface area contributed by atoms with Gasteiger partial charge in [0, 0.05) is 13.1 Å². The van der Waals surface area contributed by atoms with Crippen LogP contribution in [0.1, 0.15) is 19.8 Å². The van der Waals surface area contributed by atoms with Gasteiger partial charge in [-0.15, -0.1) is 0 Å². The standard InChI is InChI=1S/C16H23N3O4/c1-11(23-14-7-5-13(22-2)6-8-14)16(21)19-9-3-4-12(10-19)15(20)18-17/h5-8,11-12H,3-4,9-10,17H2,1-2H3,(H,18,20). The molecule has 126 valence electrons. The molecule has 2 rings (SSSR count). The van der Waals surface area contributed by atoms with E-state index in [1.165, 1.54) is 0 Å². The second-order valence-corrected chi connectivity index (χ2v) is 5.57. The van der Waals surface area contributed by atoms with Gasteiger partial charge in [0.15, 0.2) is 6.10 Å². The van der Waals surface area contributed by atoms with E-state index in [9.17, 15) is 9.59 Å².